The molecule has 0 bridgehead atoms. The first-order valence-corrected chi connectivity index (χ1v) is 10.5. The van der Waals surface area contributed by atoms with Gasteiger partial charge in [-0.15, -0.1) is 0 Å². The molecule has 0 spiro atoms. The molecule has 8 nitrogen and oxygen atoms in total. The third-order valence-electron chi connectivity index (χ3n) is 3.91. The molecule has 1 aliphatic heterocycles. The van der Waals surface area contributed by atoms with Crippen molar-refractivity contribution < 1.29 is 38.1 Å². The maximum absolute atomic E-state index is 11.7. The van der Waals surface area contributed by atoms with Crippen LogP contribution in [0.15, 0.2) is 30.3 Å². The van der Waals surface area contributed by atoms with Crippen molar-refractivity contribution in [1.29, 1.82) is 0 Å². The molecule has 0 aromatic heterocycles. The second kappa shape index (κ2) is 10.6. The summed E-state index contributed by atoms with van der Waals surface area (Å²) in [6, 6.07) is 9.63. The van der Waals surface area contributed by atoms with Crippen LogP contribution >= 0.6 is 0 Å². The molecular weight excluding hydrogens is 435 g/mol. The standard InChI is InChI=1S/C19H24O8Se/c1-11(20)24-10-15-16(25-12(2)21)17(23-4)18(26-13(3)22)19(27-15)28-14-8-6-5-7-9-14/h5-9,15-19H,10H2,1-4H3/t15-,16-,17+,18-,19+/m1/s1. The van der Waals surface area contributed by atoms with E-state index >= 15 is 0 Å². The van der Waals surface area contributed by atoms with Gasteiger partial charge in [0.05, 0.1) is 0 Å². The van der Waals surface area contributed by atoms with Crippen molar-refractivity contribution in [3.8, 4) is 0 Å². The van der Waals surface area contributed by atoms with Crippen LogP contribution in [0.5, 0.6) is 0 Å². The minimum absolute atomic E-state index is 0.110. The summed E-state index contributed by atoms with van der Waals surface area (Å²) in [5.41, 5.74) is 0. The van der Waals surface area contributed by atoms with Crippen molar-refractivity contribution in [3.05, 3.63) is 30.3 Å². The zero-order valence-corrected chi connectivity index (χ0v) is 17.9. The number of methoxy groups -OCH3 is 1. The van der Waals surface area contributed by atoms with E-state index in [1.54, 1.807) is 0 Å². The van der Waals surface area contributed by atoms with Crippen LogP contribution in [0, 0.1) is 0 Å². The quantitative estimate of drug-likeness (QED) is 0.324. The summed E-state index contributed by atoms with van der Waals surface area (Å²) in [6.07, 6.45) is -3.19. The fourth-order valence-electron chi connectivity index (χ4n) is 2.86. The second-order valence-electron chi connectivity index (χ2n) is 6.12. The number of carbonyl (C=O) groups is 3. The molecule has 28 heavy (non-hydrogen) atoms. The number of hydrogen-bond acceptors (Lipinski definition) is 8. The summed E-state index contributed by atoms with van der Waals surface area (Å²) in [7, 11) is 1.44. The zero-order valence-electron chi connectivity index (χ0n) is 16.2. The van der Waals surface area contributed by atoms with Gasteiger partial charge in [-0.25, -0.2) is 0 Å². The minimum atomic E-state index is -0.894. The van der Waals surface area contributed by atoms with Crippen LogP contribution < -0.4 is 4.46 Å². The Morgan fingerprint density at radius 3 is 2.07 bits per heavy atom. The van der Waals surface area contributed by atoms with Gasteiger partial charge in [0.15, 0.2) is 0 Å². The van der Waals surface area contributed by atoms with Gasteiger partial charge in [-0.2, -0.15) is 0 Å². The summed E-state index contributed by atoms with van der Waals surface area (Å²) in [4.78, 5) is 34.6. The average Bonchev–Trinajstić information content (AvgIpc) is 2.62. The van der Waals surface area contributed by atoms with Gasteiger partial charge in [-0.05, 0) is 0 Å². The maximum atomic E-state index is 11.7. The summed E-state index contributed by atoms with van der Waals surface area (Å²) < 4.78 is 28.7. The van der Waals surface area contributed by atoms with Crippen LogP contribution in [-0.4, -0.2) is 76.0 Å². The molecule has 0 radical (unpaired) electrons. The Labute approximate surface area is 170 Å². The van der Waals surface area contributed by atoms with Crippen molar-refractivity contribution in [1.82, 2.24) is 0 Å². The van der Waals surface area contributed by atoms with E-state index in [1.807, 2.05) is 30.3 Å². The number of benzene rings is 1. The van der Waals surface area contributed by atoms with Gasteiger partial charge in [0, 0.05) is 0 Å². The van der Waals surface area contributed by atoms with Crippen molar-refractivity contribution >= 4 is 37.3 Å². The number of esters is 3. The number of carbonyl (C=O) groups excluding carboxylic acids is 3. The van der Waals surface area contributed by atoms with Gasteiger partial charge < -0.3 is 0 Å². The van der Waals surface area contributed by atoms with E-state index in [2.05, 4.69) is 0 Å². The van der Waals surface area contributed by atoms with E-state index < -0.39 is 47.3 Å². The molecule has 2 rings (SSSR count). The van der Waals surface area contributed by atoms with Crippen LogP contribution in [0.4, 0.5) is 0 Å². The summed E-state index contributed by atoms with van der Waals surface area (Å²) in [5.74, 6) is -1.52. The molecular formula is C19H24O8Se. The predicted octanol–water partition coefficient (Wildman–Crippen LogP) is 0.183. The summed E-state index contributed by atoms with van der Waals surface area (Å²) in [6.45, 7) is 3.73. The van der Waals surface area contributed by atoms with Crippen LogP contribution in [-0.2, 0) is 38.1 Å². The molecule has 1 fully saturated rings. The van der Waals surface area contributed by atoms with Gasteiger partial charge >= 0.3 is 170 Å². The second-order valence-corrected chi connectivity index (χ2v) is 8.58. The SMILES string of the molecule is CO[C@@H]1[C@@H](OC(C)=O)[C@H]([Se]c2ccccc2)O[C@H](COC(C)=O)[C@H]1OC(C)=O. The Kier molecular flexibility index (Phi) is 8.44. The van der Waals surface area contributed by atoms with Gasteiger partial charge in [-0.3, -0.25) is 0 Å². The molecule has 1 aromatic carbocycles. The molecule has 9 heteroatoms. The molecule has 5 atom stereocenters. The van der Waals surface area contributed by atoms with Gasteiger partial charge in [0.1, 0.15) is 0 Å². The molecule has 0 aliphatic carbocycles. The van der Waals surface area contributed by atoms with Crippen LogP contribution in [0.1, 0.15) is 20.8 Å². The van der Waals surface area contributed by atoms with Crippen LogP contribution in [0.25, 0.3) is 0 Å². The van der Waals surface area contributed by atoms with Crippen molar-refractivity contribution in [3.63, 3.8) is 0 Å². The first-order chi connectivity index (χ1) is 13.3. The van der Waals surface area contributed by atoms with Crippen LogP contribution in [0.2, 0.25) is 0 Å². The van der Waals surface area contributed by atoms with E-state index in [1.165, 1.54) is 27.9 Å². The van der Waals surface area contributed by atoms with E-state index in [9.17, 15) is 14.4 Å². The number of rotatable bonds is 7. The Hall–Kier alpha value is -1.93. The van der Waals surface area contributed by atoms with E-state index in [0.717, 1.165) is 4.46 Å². The predicted molar refractivity (Wildman–Crippen MR) is 99.0 cm³/mol. The summed E-state index contributed by atoms with van der Waals surface area (Å²) >= 11 is -0.242. The van der Waals surface area contributed by atoms with Crippen molar-refractivity contribution in [2.75, 3.05) is 13.7 Å². The molecule has 1 heterocycles. The fourth-order valence-corrected chi connectivity index (χ4v) is 5.22. The molecule has 0 unspecified atom stereocenters. The first-order valence-electron chi connectivity index (χ1n) is 8.69. The molecule has 1 aromatic rings. The van der Waals surface area contributed by atoms with E-state index in [0.29, 0.717) is 0 Å². The Bertz CT molecular complexity index is 680. The Balaban J connectivity index is 2.33. The number of hydrogen-bond donors (Lipinski definition) is 0. The third-order valence-corrected chi connectivity index (χ3v) is 6.34. The van der Waals surface area contributed by atoms with Gasteiger partial charge in [-0.1, -0.05) is 0 Å². The first kappa shape index (κ1) is 22.4. The zero-order chi connectivity index (χ0) is 20.7. The topological polar surface area (TPSA) is 97.4 Å². The van der Waals surface area contributed by atoms with E-state index in [4.69, 9.17) is 23.7 Å². The number of ether oxygens (including phenoxy) is 5. The third kappa shape index (κ3) is 6.31. The van der Waals surface area contributed by atoms with Crippen molar-refractivity contribution in [2.24, 2.45) is 0 Å². The molecule has 0 N–H and O–H groups in total. The molecule has 0 saturated carbocycles. The average molecular weight is 459 g/mol. The molecule has 154 valence electrons. The molecule has 1 aliphatic rings. The monoisotopic (exact) mass is 460 g/mol. The normalized spacial score (nSPS) is 26.9. The van der Waals surface area contributed by atoms with Crippen molar-refractivity contribution in [2.45, 2.75) is 50.2 Å². The van der Waals surface area contributed by atoms with E-state index in [-0.39, 0.29) is 21.6 Å². The van der Waals surface area contributed by atoms with Gasteiger partial charge in [0.2, 0.25) is 0 Å². The fraction of sp³-hybridized carbons (Fsp3) is 0.526. The molecule has 1 saturated heterocycles. The van der Waals surface area contributed by atoms with Gasteiger partial charge in [0.25, 0.3) is 0 Å². The molecule has 0 amide bonds. The Morgan fingerprint density at radius 1 is 0.929 bits per heavy atom. The summed E-state index contributed by atoms with van der Waals surface area (Å²) in [5, 5.41) is -0.517. The Morgan fingerprint density at radius 2 is 1.54 bits per heavy atom. The van der Waals surface area contributed by atoms with Crippen LogP contribution in [0.3, 0.4) is 0 Å².